The Kier molecular flexibility index (Phi) is 5.23. The van der Waals surface area contributed by atoms with Crippen molar-refractivity contribution in [3.8, 4) is 11.3 Å². The molecule has 0 fully saturated rings. The molecule has 0 spiro atoms. The minimum absolute atomic E-state index is 0.0706. The zero-order valence-electron chi connectivity index (χ0n) is 10.1. The fourth-order valence-electron chi connectivity index (χ4n) is 1.66. The van der Waals surface area contributed by atoms with Gasteiger partial charge in [0.2, 0.25) is 0 Å². The van der Waals surface area contributed by atoms with Crippen LogP contribution >= 0.6 is 55.1 Å². The summed E-state index contributed by atoms with van der Waals surface area (Å²) in [6.07, 6.45) is -3.72. The quantitative estimate of drug-likeness (QED) is 0.443. The topological polar surface area (TPSA) is 12.9 Å². The fraction of sp³-hybridized carbons (Fsp3) is 0.154. The molecular weight excluding hydrogens is 458 g/mol. The number of halogens is 7. The average Bonchev–Trinajstić information content (AvgIpc) is 2.38. The summed E-state index contributed by atoms with van der Waals surface area (Å²) in [5, 5.41) is 0.444. The molecule has 0 N–H and O–H groups in total. The smallest absolute Gasteiger partial charge is 0.254 e. The van der Waals surface area contributed by atoms with E-state index < -0.39 is 11.7 Å². The summed E-state index contributed by atoms with van der Waals surface area (Å²) in [4.78, 5) is 3.82. The van der Waals surface area contributed by atoms with Gasteiger partial charge in [-0.3, -0.25) is 4.98 Å². The molecule has 0 saturated heterocycles. The Morgan fingerprint density at radius 3 is 2.24 bits per heavy atom. The van der Waals surface area contributed by atoms with E-state index in [-0.39, 0.29) is 14.5 Å². The molecule has 0 atom stereocenters. The molecule has 1 aromatic carbocycles. The van der Waals surface area contributed by atoms with Gasteiger partial charge in [0, 0.05) is 16.8 Å². The Morgan fingerprint density at radius 1 is 1.05 bits per heavy atom. The van der Waals surface area contributed by atoms with Crippen molar-refractivity contribution in [1.29, 1.82) is 0 Å². The summed E-state index contributed by atoms with van der Waals surface area (Å²) >= 11 is 18.6. The third kappa shape index (κ3) is 3.92. The van der Waals surface area contributed by atoms with Crippen LogP contribution in [0.1, 0.15) is 14.9 Å². The normalized spacial score (nSPS) is 12.0. The lowest BCUT2D eigenvalue weighted by molar-refractivity contribution is -0.137. The van der Waals surface area contributed by atoms with Gasteiger partial charge < -0.3 is 0 Å². The van der Waals surface area contributed by atoms with Gasteiger partial charge in [-0.05, 0) is 23.8 Å². The standard InChI is InChI=1S/C13H6Br2Cl2F3N/c14-12(15)8-3-6(1-2-9(8)16)11-10(17)4-7(5-21-11)13(18,19)20/h1-5,12H. The zero-order valence-corrected chi connectivity index (χ0v) is 14.7. The zero-order chi connectivity index (χ0) is 15.8. The first kappa shape index (κ1) is 17.1. The van der Waals surface area contributed by atoms with Crippen LogP contribution in [0, 0.1) is 0 Å². The predicted molar refractivity (Wildman–Crippen MR) is 85.3 cm³/mol. The highest BCUT2D eigenvalue weighted by Crippen LogP contribution is 2.39. The van der Waals surface area contributed by atoms with E-state index in [9.17, 15) is 13.2 Å². The number of rotatable bonds is 2. The molecule has 112 valence electrons. The van der Waals surface area contributed by atoms with Crippen molar-refractivity contribution in [3.63, 3.8) is 0 Å². The first-order valence-corrected chi connectivity index (χ1v) is 8.09. The summed E-state index contributed by atoms with van der Waals surface area (Å²) in [5.41, 5.74) is 0.691. The maximum atomic E-state index is 12.6. The molecule has 2 rings (SSSR count). The van der Waals surface area contributed by atoms with E-state index in [4.69, 9.17) is 23.2 Å². The van der Waals surface area contributed by atoms with Gasteiger partial charge in [0.05, 0.1) is 20.0 Å². The SMILES string of the molecule is FC(F)(F)c1cnc(-c2ccc(Cl)c(C(Br)Br)c2)c(Cl)c1. The van der Waals surface area contributed by atoms with Crippen LogP contribution in [0.3, 0.4) is 0 Å². The van der Waals surface area contributed by atoms with Crippen LogP contribution in [0.2, 0.25) is 10.0 Å². The highest BCUT2D eigenvalue weighted by molar-refractivity contribution is 9.24. The molecule has 8 heteroatoms. The van der Waals surface area contributed by atoms with Crippen LogP contribution in [0.15, 0.2) is 30.5 Å². The molecule has 0 aliphatic rings. The van der Waals surface area contributed by atoms with Crippen molar-refractivity contribution < 1.29 is 13.2 Å². The predicted octanol–water partition coefficient (Wildman–Crippen LogP) is 6.86. The summed E-state index contributed by atoms with van der Waals surface area (Å²) in [6, 6.07) is 5.85. The molecule has 0 radical (unpaired) electrons. The third-order valence-electron chi connectivity index (χ3n) is 2.67. The van der Waals surface area contributed by atoms with E-state index >= 15 is 0 Å². The molecule has 0 unspecified atom stereocenters. The summed E-state index contributed by atoms with van der Waals surface area (Å²) in [6.45, 7) is 0. The Bertz CT molecular complexity index is 675. The molecule has 0 bridgehead atoms. The largest absolute Gasteiger partial charge is 0.417 e. The van der Waals surface area contributed by atoms with Crippen molar-refractivity contribution in [2.45, 2.75) is 9.91 Å². The molecule has 2 aromatic rings. The Labute approximate surface area is 145 Å². The second kappa shape index (κ2) is 6.44. The van der Waals surface area contributed by atoms with Gasteiger partial charge in [-0.25, -0.2) is 0 Å². The Hall–Kier alpha value is -0.300. The van der Waals surface area contributed by atoms with Crippen molar-refractivity contribution in [2.24, 2.45) is 0 Å². The number of nitrogens with zero attached hydrogens (tertiary/aromatic N) is 1. The second-order valence-corrected chi connectivity index (χ2v) is 7.96. The molecule has 1 heterocycles. The van der Waals surface area contributed by atoms with Gasteiger partial charge in [-0.2, -0.15) is 13.2 Å². The molecule has 21 heavy (non-hydrogen) atoms. The molecule has 1 aromatic heterocycles. The van der Waals surface area contributed by atoms with Gasteiger partial charge >= 0.3 is 6.18 Å². The van der Waals surface area contributed by atoms with Crippen LogP contribution in [0.25, 0.3) is 11.3 Å². The second-order valence-electron chi connectivity index (χ2n) is 4.09. The van der Waals surface area contributed by atoms with Gasteiger partial charge in [0.1, 0.15) is 0 Å². The van der Waals surface area contributed by atoms with Crippen LogP contribution in [0.5, 0.6) is 0 Å². The maximum absolute atomic E-state index is 12.6. The number of hydrogen-bond acceptors (Lipinski definition) is 1. The number of alkyl halides is 5. The van der Waals surface area contributed by atoms with E-state index in [1.807, 2.05) is 0 Å². The first-order chi connectivity index (χ1) is 9.70. The minimum Gasteiger partial charge on any atom is -0.254 e. The maximum Gasteiger partial charge on any atom is 0.417 e. The highest BCUT2D eigenvalue weighted by atomic mass is 79.9. The summed E-state index contributed by atoms with van der Waals surface area (Å²) < 4.78 is 37.6. The summed E-state index contributed by atoms with van der Waals surface area (Å²) in [5.74, 6) is 0. The van der Waals surface area contributed by atoms with Gasteiger partial charge in [-0.1, -0.05) is 61.1 Å². The molecular formula is C13H6Br2Cl2F3N. The minimum atomic E-state index is -4.48. The third-order valence-corrected chi connectivity index (χ3v) is 4.29. The lowest BCUT2D eigenvalue weighted by Crippen LogP contribution is -2.05. The van der Waals surface area contributed by atoms with Crippen LogP contribution in [-0.4, -0.2) is 4.98 Å². The summed E-state index contributed by atoms with van der Waals surface area (Å²) in [7, 11) is 0. The van der Waals surface area contributed by atoms with E-state index in [0.29, 0.717) is 10.6 Å². The monoisotopic (exact) mass is 461 g/mol. The van der Waals surface area contributed by atoms with E-state index in [1.54, 1.807) is 18.2 Å². The van der Waals surface area contributed by atoms with Gasteiger partial charge in [0.15, 0.2) is 0 Å². The van der Waals surface area contributed by atoms with Crippen LogP contribution < -0.4 is 0 Å². The van der Waals surface area contributed by atoms with Crippen LogP contribution in [-0.2, 0) is 6.18 Å². The fourth-order valence-corrected chi connectivity index (χ4v) is 3.19. The van der Waals surface area contributed by atoms with Gasteiger partial charge in [0.25, 0.3) is 0 Å². The van der Waals surface area contributed by atoms with Gasteiger partial charge in [-0.15, -0.1) is 0 Å². The van der Waals surface area contributed by atoms with Crippen molar-refractivity contribution in [2.75, 3.05) is 0 Å². The number of aromatic nitrogens is 1. The van der Waals surface area contributed by atoms with E-state index in [1.165, 1.54) is 0 Å². The van der Waals surface area contributed by atoms with Crippen molar-refractivity contribution in [3.05, 3.63) is 51.6 Å². The molecule has 0 aliphatic heterocycles. The number of hydrogen-bond donors (Lipinski definition) is 0. The van der Waals surface area contributed by atoms with Crippen molar-refractivity contribution >= 4 is 55.1 Å². The lowest BCUT2D eigenvalue weighted by atomic mass is 10.1. The molecule has 0 aliphatic carbocycles. The first-order valence-electron chi connectivity index (χ1n) is 5.51. The lowest BCUT2D eigenvalue weighted by Gasteiger charge is -2.11. The van der Waals surface area contributed by atoms with E-state index in [2.05, 4.69) is 36.8 Å². The number of benzene rings is 1. The average molecular weight is 464 g/mol. The molecule has 0 amide bonds. The van der Waals surface area contributed by atoms with Crippen molar-refractivity contribution in [1.82, 2.24) is 4.98 Å². The molecule has 1 nitrogen and oxygen atoms in total. The Balaban J connectivity index is 2.50. The molecule has 0 saturated carbocycles. The highest BCUT2D eigenvalue weighted by Gasteiger charge is 2.31. The number of pyridine rings is 1. The Morgan fingerprint density at radius 2 is 1.71 bits per heavy atom. The van der Waals surface area contributed by atoms with Crippen LogP contribution in [0.4, 0.5) is 13.2 Å². The van der Waals surface area contributed by atoms with E-state index in [0.717, 1.165) is 17.8 Å².